The lowest BCUT2D eigenvalue weighted by atomic mass is 9.91. The molecular formula is C14H30O2. The molecule has 0 spiro atoms. The van der Waals surface area contributed by atoms with E-state index in [9.17, 15) is 5.11 Å². The molecule has 98 valence electrons. The van der Waals surface area contributed by atoms with Gasteiger partial charge in [0, 0.05) is 13.2 Å². The summed E-state index contributed by atoms with van der Waals surface area (Å²) in [6.45, 7) is 4.95. The largest absolute Gasteiger partial charge is 0.396 e. The van der Waals surface area contributed by atoms with E-state index in [0.717, 1.165) is 25.7 Å². The van der Waals surface area contributed by atoms with Crippen molar-refractivity contribution in [2.45, 2.75) is 65.2 Å². The molecular weight excluding hydrogens is 200 g/mol. The van der Waals surface area contributed by atoms with Crippen molar-refractivity contribution >= 4 is 0 Å². The van der Waals surface area contributed by atoms with Gasteiger partial charge < -0.3 is 10.2 Å². The van der Waals surface area contributed by atoms with Crippen LogP contribution in [0.2, 0.25) is 0 Å². The maximum absolute atomic E-state index is 9.28. The second-order valence-electron chi connectivity index (χ2n) is 4.93. The highest BCUT2D eigenvalue weighted by atomic mass is 16.3. The highest BCUT2D eigenvalue weighted by molar-refractivity contribution is 4.63. The van der Waals surface area contributed by atoms with Crippen LogP contribution in [0.1, 0.15) is 65.2 Å². The van der Waals surface area contributed by atoms with Crippen LogP contribution in [0, 0.1) is 11.8 Å². The normalized spacial score (nSPS) is 15.0. The molecule has 0 aliphatic heterocycles. The summed E-state index contributed by atoms with van der Waals surface area (Å²) in [6.07, 6.45) is 9.45. The lowest BCUT2D eigenvalue weighted by Gasteiger charge is -2.17. The second-order valence-corrected chi connectivity index (χ2v) is 4.93. The van der Waals surface area contributed by atoms with Gasteiger partial charge >= 0.3 is 0 Å². The van der Waals surface area contributed by atoms with E-state index in [1.165, 1.54) is 25.7 Å². The van der Waals surface area contributed by atoms with Gasteiger partial charge in [-0.15, -0.1) is 0 Å². The average Bonchev–Trinajstić information content (AvgIpc) is 2.33. The minimum absolute atomic E-state index is 0.296. The zero-order chi connectivity index (χ0) is 12.2. The van der Waals surface area contributed by atoms with Crippen LogP contribution in [-0.2, 0) is 0 Å². The van der Waals surface area contributed by atoms with Crippen molar-refractivity contribution in [1.82, 2.24) is 0 Å². The Morgan fingerprint density at radius 2 is 1.38 bits per heavy atom. The van der Waals surface area contributed by atoms with E-state index in [0.29, 0.717) is 25.0 Å². The Kier molecular flexibility index (Phi) is 11.3. The molecule has 2 atom stereocenters. The lowest BCUT2D eigenvalue weighted by molar-refractivity contribution is 0.174. The van der Waals surface area contributed by atoms with Gasteiger partial charge in [-0.3, -0.25) is 0 Å². The summed E-state index contributed by atoms with van der Waals surface area (Å²) < 4.78 is 0. The van der Waals surface area contributed by atoms with Gasteiger partial charge in [-0.2, -0.15) is 0 Å². The number of rotatable bonds is 11. The summed E-state index contributed by atoms with van der Waals surface area (Å²) in [5.74, 6) is 0.891. The maximum Gasteiger partial charge on any atom is 0.0459 e. The van der Waals surface area contributed by atoms with E-state index in [1.54, 1.807) is 0 Å². The summed E-state index contributed by atoms with van der Waals surface area (Å²) >= 11 is 0. The van der Waals surface area contributed by atoms with Crippen molar-refractivity contribution in [3.8, 4) is 0 Å². The minimum Gasteiger partial charge on any atom is -0.396 e. The number of hydrogen-bond acceptors (Lipinski definition) is 2. The zero-order valence-corrected chi connectivity index (χ0v) is 11.1. The maximum atomic E-state index is 9.28. The Balaban J connectivity index is 3.57. The van der Waals surface area contributed by atoms with E-state index in [1.807, 2.05) is 0 Å². The first-order valence-corrected chi connectivity index (χ1v) is 7.00. The zero-order valence-electron chi connectivity index (χ0n) is 11.1. The molecule has 0 fully saturated rings. The molecule has 0 heterocycles. The molecule has 0 bridgehead atoms. The molecule has 2 heteroatoms. The molecule has 0 aliphatic rings. The summed E-state index contributed by atoms with van der Waals surface area (Å²) in [5, 5.41) is 18.4. The fraction of sp³-hybridized carbons (Fsp3) is 1.00. The van der Waals surface area contributed by atoms with Gasteiger partial charge in [0.1, 0.15) is 0 Å². The summed E-state index contributed by atoms with van der Waals surface area (Å²) in [6, 6.07) is 0. The van der Waals surface area contributed by atoms with Gasteiger partial charge in [0.25, 0.3) is 0 Å². The molecule has 0 amide bonds. The molecule has 2 N–H and O–H groups in total. The first-order chi connectivity index (χ1) is 7.78. The molecule has 0 radical (unpaired) electrons. The molecule has 16 heavy (non-hydrogen) atoms. The highest BCUT2D eigenvalue weighted by Crippen LogP contribution is 2.20. The SMILES string of the molecule is CCCCCCC(CO)CCC(CC)CO. The topological polar surface area (TPSA) is 40.5 Å². The Morgan fingerprint density at radius 3 is 1.88 bits per heavy atom. The number of aliphatic hydroxyl groups excluding tert-OH is 2. The monoisotopic (exact) mass is 230 g/mol. The fourth-order valence-electron chi connectivity index (χ4n) is 2.08. The molecule has 0 rings (SSSR count). The average molecular weight is 230 g/mol. The van der Waals surface area contributed by atoms with Crippen molar-refractivity contribution in [3.63, 3.8) is 0 Å². The van der Waals surface area contributed by atoms with Crippen LogP contribution < -0.4 is 0 Å². The van der Waals surface area contributed by atoms with Gasteiger partial charge in [0.15, 0.2) is 0 Å². The molecule has 0 aromatic carbocycles. The van der Waals surface area contributed by atoms with E-state index < -0.39 is 0 Å². The van der Waals surface area contributed by atoms with E-state index in [4.69, 9.17) is 5.11 Å². The third-order valence-corrected chi connectivity index (χ3v) is 3.54. The van der Waals surface area contributed by atoms with Crippen LogP contribution in [0.3, 0.4) is 0 Å². The first kappa shape index (κ1) is 15.9. The molecule has 0 aromatic rings. The second kappa shape index (κ2) is 11.4. The summed E-state index contributed by atoms with van der Waals surface area (Å²) in [5.41, 5.74) is 0. The summed E-state index contributed by atoms with van der Waals surface area (Å²) in [7, 11) is 0. The van der Waals surface area contributed by atoms with Crippen LogP contribution in [0.5, 0.6) is 0 Å². The molecule has 0 saturated carbocycles. The Bertz CT molecular complexity index is 133. The van der Waals surface area contributed by atoms with Gasteiger partial charge in [0.2, 0.25) is 0 Å². The number of aliphatic hydroxyl groups is 2. The predicted octanol–water partition coefficient (Wildman–Crippen LogP) is 3.36. The molecule has 0 aliphatic carbocycles. The van der Waals surface area contributed by atoms with E-state index in [2.05, 4.69) is 13.8 Å². The Hall–Kier alpha value is -0.0800. The van der Waals surface area contributed by atoms with Crippen molar-refractivity contribution < 1.29 is 10.2 Å². The van der Waals surface area contributed by atoms with Crippen LogP contribution in [0.25, 0.3) is 0 Å². The standard InChI is InChI=1S/C14H30O2/c1-3-5-6-7-8-14(12-16)10-9-13(4-2)11-15/h13-16H,3-12H2,1-2H3. The Morgan fingerprint density at radius 1 is 0.750 bits per heavy atom. The quantitative estimate of drug-likeness (QED) is 0.534. The lowest BCUT2D eigenvalue weighted by Crippen LogP contribution is -2.11. The molecule has 0 saturated heterocycles. The first-order valence-electron chi connectivity index (χ1n) is 7.00. The van der Waals surface area contributed by atoms with Crippen molar-refractivity contribution in [1.29, 1.82) is 0 Å². The van der Waals surface area contributed by atoms with Crippen molar-refractivity contribution in [2.75, 3.05) is 13.2 Å². The third kappa shape index (κ3) is 8.12. The minimum atomic E-state index is 0.296. The van der Waals surface area contributed by atoms with Crippen molar-refractivity contribution in [3.05, 3.63) is 0 Å². The van der Waals surface area contributed by atoms with Gasteiger partial charge in [0.05, 0.1) is 0 Å². The highest BCUT2D eigenvalue weighted by Gasteiger charge is 2.11. The van der Waals surface area contributed by atoms with Crippen molar-refractivity contribution in [2.24, 2.45) is 11.8 Å². The van der Waals surface area contributed by atoms with Gasteiger partial charge in [-0.25, -0.2) is 0 Å². The molecule has 0 aromatic heterocycles. The molecule has 2 unspecified atom stereocenters. The number of unbranched alkanes of at least 4 members (excludes halogenated alkanes) is 3. The fourth-order valence-corrected chi connectivity index (χ4v) is 2.08. The van der Waals surface area contributed by atoms with Gasteiger partial charge in [-0.1, -0.05) is 46.0 Å². The van der Waals surface area contributed by atoms with Crippen LogP contribution in [0.15, 0.2) is 0 Å². The number of hydrogen-bond donors (Lipinski definition) is 2. The predicted molar refractivity (Wildman–Crippen MR) is 69.4 cm³/mol. The van der Waals surface area contributed by atoms with Crippen LogP contribution in [-0.4, -0.2) is 23.4 Å². The Labute approximate surface area is 101 Å². The summed E-state index contributed by atoms with van der Waals surface area (Å²) in [4.78, 5) is 0. The van der Waals surface area contributed by atoms with E-state index in [-0.39, 0.29) is 0 Å². The molecule has 2 nitrogen and oxygen atoms in total. The van der Waals surface area contributed by atoms with Gasteiger partial charge in [-0.05, 0) is 31.1 Å². The van der Waals surface area contributed by atoms with Crippen LogP contribution in [0.4, 0.5) is 0 Å². The van der Waals surface area contributed by atoms with E-state index >= 15 is 0 Å². The smallest absolute Gasteiger partial charge is 0.0459 e. The third-order valence-electron chi connectivity index (χ3n) is 3.54. The van der Waals surface area contributed by atoms with Crippen LogP contribution >= 0.6 is 0 Å².